The van der Waals surface area contributed by atoms with Crippen LogP contribution in [-0.2, 0) is 25.9 Å². The molecule has 3 nitrogen and oxygen atoms in total. The molecule has 3 aromatic rings. The second-order valence-corrected chi connectivity index (χ2v) is 7.00. The third-order valence-corrected chi connectivity index (χ3v) is 4.95. The highest BCUT2D eigenvalue weighted by Gasteiger charge is 2.17. The highest BCUT2D eigenvalue weighted by molar-refractivity contribution is 5.82. The molecule has 1 aliphatic rings. The summed E-state index contributed by atoms with van der Waals surface area (Å²) in [5, 5.41) is 1.04. The van der Waals surface area contributed by atoms with E-state index in [2.05, 4.69) is 13.1 Å². The molecule has 0 saturated heterocycles. The Kier molecular flexibility index (Phi) is 4.14. The second kappa shape index (κ2) is 6.45. The van der Waals surface area contributed by atoms with Crippen molar-refractivity contribution >= 4 is 11.0 Å². The average molecular weight is 338 g/mol. The Morgan fingerprint density at radius 2 is 1.76 bits per heavy atom. The van der Waals surface area contributed by atoms with Crippen molar-refractivity contribution in [2.24, 2.45) is 0 Å². The van der Waals surface area contributed by atoms with Gasteiger partial charge >= 0.3 is 5.63 Å². The van der Waals surface area contributed by atoms with Crippen LogP contribution in [0.15, 0.2) is 51.7 Å². The monoisotopic (exact) mass is 338 g/mol. The first-order chi connectivity index (χ1) is 12.1. The molecule has 1 atom stereocenters. The Bertz CT molecular complexity index is 976. The van der Waals surface area contributed by atoms with E-state index in [1.54, 1.807) is 6.07 Å². The molecule has 1 unspecified atom stereocenters. The number of hydrogen-bond donors (Lipinski definition) is 1. The summed E-state index contributed by atoms with van der Waals surface area (Å²) in [6, 6.07) is 12.4. The molecular formula is C21H21FNO2+. The van der Waals surface area contributed by atoms with Crippen molar-refractivity contribution in [2.45, 2.75) is 32.4 Å². The summed E-state index contributed by atoms with van der Waals surface area (Å²) >= 11 is 0. The van der Waals surface area contributed by atoms with Gasteiger partial charge in [-0.3, -0.25) is 0 Å². The predicted molar refractivity (Wildman–Crippen MR) is 95.2 cm³/mol. The zero-order valence-electron chi connectivity index (χ0n) is 14.3. The van der Waals surface area contributed by atoms with Gasteiger partial charge in [0.25, 0.3) is 0 Å². The molecule has 1 heterocycles. The molecule has 0 radical (unpaired) electrons. The van der Waals surface area contributed by atoms with Crippen molar-refractivity contribution in [2.75, 3.05) is 7.05 Å². The number of rotatable bonds is 4. The third-order valence-electron chi connectivity index (χ3n) is 4.95. The van der Waals surface area contributed by atoms with E-state index in [-0.39, 0.29) is 11.4 Å². The molecular weight excluding hydrogens is 317 g/mol. The Labute approximate surface area is 145 Å². The normalized spacial score (nSPS) is 14.6. The zero-order valence-corrected chi connectivity index (χ0v) is 14.3. The van der Waals surface area contributed by atoms with Crippen LogP contribution >= 0.6 is 0 Å². The van der Waals surface area contributed by atoms with Crippen LogP contribution in [-0.4, -0.2) is 7.05 Å². The van der Waals surface area contributed by atoms with Gasteiger partial charge in [-0.05, 0) is 54.7 Å². The number of fused-ring (bicyclic) bond motifs is 2. The van der Waals surface area contributed by atoms with Gasteiger partial charge in [0.2, 0.25) is 0 Å². The van der Waals surface area contributed by atoms with Gasteiger partial charge in [0, 0.05) is 22.6 Å². The average Bonchev–Trinajstić information content (AvgIpc) is 3.02. The van der Waals surface area contributed by atoms with Gasteiger partial charge in [-0.2, -0.15) is 0 Å². The molecule has 4 rings (SSSR count). The standard InChI is InChI=1S/C21H20FNO2/c1-23(12-14-5-7-18(22)8-6-14)13-17-11-21(24)25-20-10-16-4-2-3-15(16)9-19(17)20/h5-11H,2-4,12-13H2,1H3/p+1. The van der Waals surface area contributed by atoms with Crippen LogP contribution in [0.3, 0.4) is 0 Å². The molecule has 0 aliphatic heterocycles. The molecule has 1 aliphatic carbocycles. The van der Waals surface area contributed by atoms with Crippen molar-refractivity contribution in [3.8, 4) is 0 Å². The number of nitrogens with one attached hydrogen (secondary N) is 1. The van der Waals surface area contributed by atoms with E-state index < -0.39 is 0 Å². The molecule has 1 aromatic heterocycles. The van der Waals surface area contributed by atoms with Crippen LogP contribution in [0.25, 0.3) is 11.0 Å². The minimum atomic E-state index is -0.296. The number of aryl methyl sites for hydroxylation is 2. The van der Waals surface area contributed by atoms with Crippen LogP contribution in [0.5, 0.6) is 0 Å². The maximum absolute atomic E-state index is 13.0. The second-order valence-electron chi connectivity index (χ2n) is 7.00. The third kappa shape index (κ3) is 3.35. The summed E-state index contributed by atoms with van der Waals surface area (Å²) in [4.78, 5) is 13.2. The fourth-order valence-electron chi connectivity index (χ4n) is 3.78. The summed E-state index contributed by atoms with van der Waals surface area (Å²) in [5.74, 6) is -0.220. The van der Waals surface area contributed by atoms with E-state index in [4.69, 9.17) is 4.42 Å². The Balaban J connectivity index is 1.64. The van der Waals surface area contributed by atoms with Gasteiger partial charge in [-0.1, -0.05) is 12.1 Å². The van der Waals surface area contributed by atoms with E-state index >= 15 is 0 Å². The van der Waals surface area contributed by atoms with E-state index in [1.165, 1.54) is 34.6 Å². The van der Waals surface area contributed by atoms with E-state index in [0.29, 0.717) is 5.58 Å². The van der Waals surface area contributed by atoms with E-state index in [9.17, 15) is 9.18 Å². The highest BCUT2D eigenvalue weighted by atomic mass is 19.1. The predicted octanol–water partition coefficient (Wildman–Crippen LogP) is 2.64. The van der Waals surface area contributed by atoms with Crippen LogP contribution in [0.4, 0.5) is 4.39 Å². The lowest BCUT2D eigenvalue weighted by Crippen LogP contribution is -3.06. The number of quaternary nitrogens is 1. The fourth-order valence-corrected chi connectivity index (χ4v) is 3.78. The summed E-state index contributed by atoms with van der Waals surface area (Å²) in [6.07, 6.45) is 3.33. The van der Waals surface area contributed by atoms with Crippen molar-refractivity contribution in [3.05, 3.63) is 81.0 Å². The number of hydrogen-bond acceptors (Lipinski definition) is 2. The maximum atomic E-state index is 13.0. The molecule has 2 aromatic carbocycles. The summed E-state index contributed by atoms with van der Waals surface area (Å²) in [5.41, 5.74) is 5.17. The molecule has 128 valence electrons. The summed E-state index contributed by atoms with van der Waals surface area (Å²) < 4.78 is 18.5. The van der Waals surface area contributed by atoms with Gasteiger partial charge in [0.05, 0.1) is 7.05 Å². The molecule has 0 bridgehead atoms. The molecule has 1 N–H and O–H groups in total. The minimum absolute atomic E-state index is 0.220. The van der Waals surface area contributed by atoms with E-state index in [0.717, 1.165) is 42.4 Å². The number of halogens is 1. The van der Waals surface area contributed by atoms with Crippen molar-refractivity contribution in [1.82, 2.24) is 0 Å². The first-order valence-corrected chi connectivity index (χ1v) is 8.73. The Morgan fingerprint density at radius 1 is 1.04 bits per heavy atom. The highest BCUT2D eigenvalue weighted by Crippen LogP contribution is 2.28. The maximum Gasteiger partial charge on any atom is 0.336 e. The minimum Gasteiger partial charge on any atom is -0.423 e. The smallest absolute Gasteiger partial charge is 0.336 e. The number of benzene rings is 2. The first kappa shape index (κ1) is 16.0. The lowest BCUT2D eigenvalue weighted by Gasteiger charge is -2.15. The van der Waals surface area contributed by atoms with Gasteiger partial charge in [0.15, 0.2) is 0 Å². The molecule has 0 fully saturated rings. The fraction of sp³-hybridized carbons (Fsp3) is 0.286. The summed E-state index contributed by atoms with van der Waals surface area (Å²) in [7, 11) is 2.08. The molecule has 0 spiro atoms. The van der Waals surface area contributed by atoms with Crippen molar-refractivity contribution < 1.29 is 13.7 Å². The van der Waals surface area contributed by atoms with Crippen LogP contribution < -0.4 is 10.5 Å². The van der Waals surface area contributed by atoms with Crippen LogP contribution in [0, 0.1) is 5.82 Å². The topological polar surface area (TPSA) is 34.7 Å². The zero-order chi connectivity index (χ0) is 17.4. The van der Waals surface area contributed by atoms with Crippen LogP contribution in [0.1, 0.15) is 28.7 Å². The van der Waals surface area contributed by atoms with Gasteiger partial charge in [0.1, 0.15) is 24.5 Å². The molecule has 0 amide bonds. The molecule has 0 saturated carbocycles. The molecule has 4 heteroatoms. The van der Waals surface area contributed by atoms with Gasteiger partial charge in [-0.25, -0.2) is 9.18 Å². The van der Waals surface area contributed by atoms with Crippen molar-refractivity contribution in [1.29, 1.82) is 0 Å². The van der Waals surface area contributed by atoms with E-state index in [1.807, 2.05) is 18.2 Å². The van der Waals surface area contributed by atoms with Gasteiger partial charge in [-0.15, -0.1) is 0 Å². The Morgan fingerprint density at radius 3 is 2.52 bits per heavy atom. The first-order valence-electron chi connectivity index (χ1n) is 8.73. The quantitative estimate of drug-likeness (QED) is 0.742. The Hall–Kier alpha value is -2.46. The largest absolute Gasteiger partial charge is 0.423 e. The lowest BCUT2D eigenvalue weighted by molar-refractivity contribution is -0.907. The lowest BCUT2D eigenvalue weighted by atomic mass is 10.0. The van der Waals surface area contributed by atoms with Crippen LogP contribution in [0.2, 0.25) is 0 Å². The summed E-state index contributed by atoms with van der Waals surface area (Å²) in [6.45, 7) is 1.49. The van der Waals surface area contributed by atoms with Gasteiger partial charge < -0.3 is 9.32 Å². The SMILES string of the molecule is C[NH+](Cc1ccc(F)cc1)Cc1cc(=O)oc2cc3c(cc12)CCC3. The van der Waals surface area contributed by atoms with Crippen molar-refractivity contribution in [3.63, 3.8) is 0 Å². The molecule has 25 heavy (non-hydrogen) atoms.